The van der Waals surface area contributed by atoms with Crippen molar-refractivity contribution in [2.75, 3.05) is 6.61 Å². The molecular formula is C19H16N2O6. The summed E-state index contributed by atoms with van der Waals surface area (Å²) in [6.45, 7) is 1.91. The number of carbonyl (C=O) groups excluding carboxylic acids is 1. The minimum Gasteiger partial charge on any atom is -0.461 e. The van der Waals surface area contributed by atoms with Crippen molar-refractivity contribution in [1.29, 1.82) is 0 Å². The van der Waals surface area contributed by atoms with Crippen LogP contribution in [0, 0.1) is 10.1 Å². The number of hydrogen-bond donors (Lipinski definition) is 0. The lowest BCUT2D eigenvalue weighted by Gasteiger charge is -2.06. The van der Waals surface area contributed by atoms with E-state index < -0.39 is 10.9 Å². The van der Waals surface area contributed by atoms with Crippen LogP contribution in [0.5, 0.6) is 5.95 Å². The van der Waals surface area contributed by atoms with Gasteiger partial charge in [0.1, 0.15) is 12.2 Å². The molecule has 0 saturated carbocycles. The number of benzene rings is 2. The van der Waals surface area contributed by atoms with Crippen molar-refractivity contribution < 1.29 is 23.7 Å². The predicted octanol–water partition coefficient (Wildman–Crippen LogP) is 4.01. The summed E-state index contributed by atoms with van der Waals surface area (Å²) in [5.74, 6) is -0.582. The van der Waals surface area contributed by atoms with Crippen LogP contribution in [-0.2, 0) is 11.3 Å². The maximum absolute atomic E-state index is 12.2. The summed E-state index contributed by atoms with van der Waals surface area (Å²) in [6.07, 6.45) is 0. The minimum absolute atomic E-state index is 0.0112. The maximum atomic E-state index is 12.2. The van der Waals surface area contributed by atoms with Gasteiger partial charge in [-0.1, -0.05) is 47.6 Å². The largest absolute Gasteiger partial charge is 0.461 e. The molecule has 27 heavy (non-hydrogen) atoms. The van der Waals surface area contributed by atoms with Crippen LogP contribution < -0.4 is 4.74 Å². The molecule has 0 radical (unpaired) electrons. The molecule has 2 aromatic carbocycles. The molecule has 0 aliphatic rings. The first-order chi connectivity index (χ1) is 13.1. The number of rotatable bonds is 7. The molecular weight excluding hydrogens is 352 g/mol. The summed E-state index contributed by atoms with van der Waals surface area (Å²) in [5.41, 5.74) is 1.61. The van der Waals surface area contributed by atoms with E-state index in [1.54, 1.807) is 31.2 Å². The number of carbonyl (C=O) groups is 1. The fourth-order valence-electron chi connectivity index (χ4n) is 2.48. The average Bonchev–Trinajstić information content (AvgIpc) is 3.11. The molecule has 8 heteroatoms. The van der Waals surface area contributed by atoms with E-state index in [9.17, 15) is 14.9 Å². The first kappa shape index (κ1) is 18.1. The zero-order valence-corrected chi connectivity index (χ0v) is 14.5. The van der Waals surface area contributed by atoms with Gasteiger partial charge in [-0.3, -0.25) is 10.1 Å². The third kappa shape index (κ3) is 4.12. The quantitative estimate of drug-likeness (QED) is 0.352. The molecule has 0 unspecified atom stereocenters. The van der Waals surface area contributed by atoms with Gasteiger partial charge in [-0.15, -0.1) is 0 Å². The summed E-state index contributed by atoms with van der Waals surface area (Å²) in [4.78, 5) is 22.6. The van der Waals surface area contributed by atoms with Gasteiger partial charge in [-0.05, 0) is 18.1 Å². The van der Waals surface area contributed by atoms with E-state index in [-0.39, 0.29) is 30.5 Å². The van der Waals surface area contributed by atoms with E-state index in [0.29, 0.717) is 16.7 Å². The van der Waals surface area contributed by atoms with Crippen LogP contribution in [0.25, 0.3) is 11.1 Å². The van der Waals surface area contributed by atoms with Crippen molar-refractivity contribution in [3.05, 3.63) is 76.0 Å². The number of ether oxygens (including phenoxy) is 2. The smallest absolute Gasteiger partial charge is 0.361 e. The van der Waals surface area contributed by atoms with Gasteiger partial charge in [-0.2, -0.15) is 0 Å². The van der Waals surface area contributed by atoms with Crippen LogP contribution in [-0.4, -0.2) is 22.7 Å². The third-order valence-electron chi connectivity index (χ3n) is 3.68. The summed E-state index contributed by atoms with van der Waals surface area (Å²) in [6, 6.07) is 15.1. The highest BCUT2D eigenvalue weighted by Gasteiger charge is 2.25. The Kier molecular flexibility index (Phi) is 5.46. The first-order valence-corrected chi connectivity index (χ1v) is 8.18. The van der Waals surface area contributed by atoms with Crippen molar-refractivity contribution in [3.63, 3.8) is 0 Å². The summed E-state index contributed by atoms with van der Waals surface area (Å²) < 4.78 is 15.9. The Labute approximate surface area is 154 Å². The minimum atomic E-state index is -0.620. The second kappa shape index (κ2) is 8.13. The van der Waals surface area contributed by atoms with Crippen molar-refractivity contribution in [3.8, 4) is 17.1 Å². The molecule has 0 fully saturated rings. The molecule has 0 aliphatic carbocycles. The van der Waals surface area contributed by atoms with E-state index in [4.69, 9.17) is 14.0 Å². The number of non-ortho nitro benzene ring substituents is 1. The standard InChI is InChI=1S/C19H16N2O6/c1-2-25-18(22)17-16(14-8-4-3-5-9-14)19(27-20-17)26-12-13-7-6-10-15(11-13)21(23)24/h3-11H,2,12H2,1H3. The molecule has 1 heterocycles. The molecule has 0 amide bonds. The zero-order valence-electron chi connectivity index (χ0n) is 14.5. The molecule has 0 atom stereocenters. The van der Waals surface area contributed by atoms with E-state index in [0.717, 1.165) is 0 Å². The van der Waals surface area contributed by atoms with Crippen molar-refractivity contribution in [1.82, 2.24) is 5.16 Å². The van der Waals surface area contributed by atoms with Gasteiger partial charge in [0.25, 0.3) is 5.69 Å². The SMILES string of the molecule is CCOC(=O)c1noc(OCc2cccc([N+](=O)[O-])c2)c1-c1ccccc1. The molecule has 0 saturated heterocycles. The van der Waals surface area contributed by atoms with Crippen molar-refractivity contribution in [2.24, 2.45) is 0 Å². The van der Waals surface area contributed by atoms with Crippen LogP contribution in [0.3, 0.4) is 0 Å². The number of aromatic nitrogens is 1. The molecule has 1 aromatic heterocycles. The number of hydrogen-bond acceptors (Lipinski definition) is 7. The topological polar surface area (TPSA) is 105 Å². The second-order valence-electron chi connectivity index (χ2n) is 5.50. The Morgan fingerprint density at radius 3 is 2.67 bits per heavy atom. The Balaban J connectivity index is 1.90. The van der Waals surface area contributed by atoms with E-state index in [1.165, 1.54) is 12.1 Å². The molecule has 0 spiro atoms. The fourth-order valence-corrected chi connectivity index (χ4v) is 2.48. The number of nitrogens with zero attached hydrogens (tertiary/aromatic N) is 2. The number of esters is 1. The van der Waals surface area contributed by atoms with Crippen LogP contribution in [0.15, 0.2) is 59.1 Å². The maximum Gasteiger partial charge on any atom is 0.361 e. The van der Waals surface area contributed by atoms with Gasteiger partial charge in [0.05, 0.1) is 11.5 Å². The molecule has 3 aromatic rings. The van der Waals surface area contributed by atoms with Gasteiger partial charge < -0.3 is 14.0 Å². The molecule has 3 rings (SSSR count). The Hall–Kier alpha value is -3.68. The third-order valence-corrected chi connectivity index (χ3v) is 3.68. The van der Waals surface area contributed by atoms with Crippen molar-refractivity contribution >= 4 is 11.7 Å². The van der Waals surface area contributed by atoms with Gasteiger partial charge >= 0.3 is 11.9 Å². The predicted molar refractivity (Wildman–Crippen MR) is 95.3 cm³/mol. The Morgan fingerprint density at radius 2 is 1.96 bits per heavy atom. The Morgan fingerprint density at radius 1 is 1.19 bits per heavy atom. The van der Waals surface area contributed by atoms with Gasteiger partial charge in [0, 0.05) is 12.1 Å². The highest BCUT2D eigenvalue weighted by Crippen LogP contribution is 2.34. The summed E-state index contributed by atoms with van der Waals surface area (Å²) in [7, 11) is 0. The average molecular weight is 368 g/mol. The highest BCUT2D eigenvalue weighted by molar-refractivity contribution is 5.96. The van der Waals surface area contributed by atoms with Crippen LogP contribution in [0.1, 0.15) is 23.0 Å². The van der Waals surface area contributed by atoms with Gasteiger partial charge in [0.2, 0.25) is 5.69 Å². The zero-order chi connectivity index (χ0) is 19.2. The Bertz CT molecular complexity index is 952. The van der Waals surface area contributed by atoms with E-state index >= 15 is 0 Å². The number of nitro groups is 1. The normalized spacial score (nSPS) is 10.4. The first-order valence-electron chi connectivity index (χ1n) is 8.18. The van der Waals surface area contributed by atoms with Gasteiger partial charge in [-0.25, -0.2) is 4.79 Å². The molecule has 0 bridgehead atoms. The lowest BCUT2D eigenvalue weighted by atomic mass is 10.1. The summed E-state index contributed by atoms with van der Waals surface area (Å²) >= 11 is 0. The highest BCUT2D eigenvalue weighted by atomic mass is 16.6. The van der Waals surface area contributed by atoms with Crippen LogP contribution >= 0.6 is 0 Å². The lowest BCUT2D eigenvalue weighted by molar-refractivity contribution is -0.384. The molecule has 138 valence electrons. The van der Waals surface area contributed by atoms with Crippen LogP contribution in [0.4, 0.5) is 5.69 Å². The van der Waals surface area contributed by atoms with E-state index in [1.807, 2.05) is 18.2 Å². The monoisotopic (exact) mass is 368 g/mol. The van der Waals surface area contributed by atoms with Crippen LogP contribution in [0.2, 0.25) is 0 Å². The second-order valence-corrected chi connectivity index (χ2v) is 5.50. The summed E-state index contributed by atoms with van der Waals surface area (Å²) in [5, 5.41) is 14.7. The van der Waals surface area contributed by atoms with Gasteiger partial charge in [0.15, 0.2) is 0 Å². The van der Waals surface area contributed by atoms with E-state index in [2.05, 4.69) is 5.16 Å². The molecule has 8 nitrogen and oxygen atoms in total. The molecule has 0 N–H and O–H groups in total. The lowest BCUT2D eigenvalue weighted by Crippen LogP contribution is -2.06. The number of nitro benzene ring substituents is 1. The fraction of sp³-hybridized carbons (Fsp3) is 0.158. The van der Waals surface area contributed by atoms with Crippen molar-refractivity contribution in [2.45, 2.75) is 13.5 Å². The molecule has 0 aliphatic heterocycles.